The Hall–Kier alpha value is -2.10. The minimum atomic E-state index is -4.57. The number of carbonyl (C=O) groups excluding carboxylic acids is 1. The Labute approximate surface area is 159 Å². The molecular weight excluding hydrogens is 405 g/mol. The SMILES string of the molecule is Cc1ccc(NC(=O)c2cc(S(=O)(=O)N(C)C)ccc2Cl)cc1C(F)(F)F. The fraction of sp³-hybridized carbons (Fsp3) is 0.235. The number of amides is 1. The Morgan fingerprint density at radius 2 is 1.74 bits per heavy atom. The summed E-state index contributed by atoms with van der Waals surface area (Å²) in [6.45, 7) is 1.31. The van der Waals surface area contributed by atoms with E-state index in [0.717, 1.165) is 16.4 Å². The summed E-state index contributed by atoms with van der Waals surface area (Å²) in [6.07, 6.45) is -4.57. The summed E-state index contributed by atoms with van der Waals surface area (Å²) in [5, 5.41) is 2.28. The quantitative estimate of drug-likeness (QED) is 0.807. The Morgan fingerprint density at radius 3 is 2.30 bits per heavy atom. The van der Waals surface area contributed by atoms with Crippen LogP contribution in [0.3, 0.4) is 0 Å². The molecule has 0 aliphatic carbocycles. The van der Waals surface area contributed by atoms with Gasteiger partial charge in [0, 0.05) is 19.8 Å². The molecule has 10 heteroatoms. The molecule has 146 valence electrons. The zero-order valence-corrected chi connectivity index (χ0v) is 16.1. The van der Waals surface area contributed by atoms with E-state index >= 15 is 0 Å². The molecule has 2 aromatic rings. The predicted molar refractivity (Wildman–Crippen MR) is 96.5 cm³/mol. The molecule has 0 aliphatic rings. The summed E-state index contributed by atoms with van der Waals surface area (Å²) in [5.74, 6) is -0.826. The van der Waals surface area contributed by atoms with Crippen molar-refractivity contribution < 1.29 is 26.4 Å². The van der Waals surface area contributed by atoms with Gasteiger partial charge in [0.25, 0.3) is 5.91 Å². The highest BCUT2D eigenvalue weighted by molar-refractivity contribution is 7.89. The van der Waals surface area contributed by atoms with Crippen LogP contribution < -0.4 is 5.32 Å². The fourth-order valence-electron chi connectivity index (χ4n) is 2.25. The number of carbonyl (C=O) groups is 1. The number of hydrogen-bond acceptors (Lipinski definition) is 3. The molecule has 0 saturated heterocycles. The highest BCUT2D eigenvalue weighted by Gasteiger charge is 2.32. The molecule has 0 radical (unpaired) electrons. The van der Waals surface area contributed by atoms with Crippen LogP contribution in [0.1, 0.15) is 21.5 Å². The summed E-state index contributed by atoms with van der Waals surface area (Å²) in [7, 11) is -1.15. The van der Waals surface area contributed by atoms with E-state index in [1.807, 2.05) is 0 Å². The normalized spacial score (nSPS) is 12.3. The zero-order chi connectivity index (χ0) is 20.6. The van der Waals surface area contributed by atoms with E-state index in [-0.39, 0.29) is 26.7 Å². The van der Waals surface area contributed by atoms with Crippen LogP contribution in [0.2, 0.25) is 5.02 Å². The molecular formula is C17H16ClF3N2O3S. The van der Waals surface area contributed by atoms with Crippen molar-refractivity contribution in [1.82, 2.24) is 4.31 Å². The molecule has 0 atom stereocenters. The Morgan fingerprint density at radius 1 is 1.11 bits per heavy atom. The Kier molecular flexibility index (Phi) is 5.88. The standard InChI is InChI=1S/C17H16ClF3N2O3S/c1-10-4-5-11(8-14(10)17(19,20)21)22-16(24)13-9-12(6-7-15(13)18)27(25,26)23(2)3/h4-9H,1-3H3,(H,22,24). The second-order valence-corrected chi connectivity index (χ2v) is 8.47. The lowest BCUT2D eigenvalue weighted by atomic mass is 10.1. The predicted octanol–water partition coefficient (Wildman–Crippen LogP) is 4.17. The summed E-state index contributed by atoms with van der Waals surface area (Å²) < 4.78 is 64.4. The lowest BCUT2D eigenvalue weighted by Gasteiger charge is -2.14. The first kappa shape index (κ1) is 21.2. The average Bonchev–Trinajstić information content (AvgIpc) is 2.55. The lowest BCUT2D eigenvalue weighted by Crippen LogP contribution is -2.23. The maximum Gasteiger partial charge on any atom is 0.416 e. The second-order valence-electron chi connectivity index (χ2n) is 5.91. The maximum atomic E-state index is 13.0. The minimum Gasteiger partial charge on any atom is -0.322 e. The fourth-order valence-corrected chi connectivity index (χ4v) is 3.39. The monoisotopic (exact) mass is 420 g/mol. The van der Waals surface area contributed by atoms with Crippen LogP contribution in [0.25, 0.3) is 0 Å². The first-order valence-electron chi connectivity index (χ1n) is 7.55. The van der Waals surface area contributed by atoms with Crippen LogP contribution in [0.15, 0.2) is 41.3 Å². The van der Waals surface area contributed by atoms with Crippen LogP contribution in [-0.2, 0) is 16.2 Å². The third-order valence-electron chi connectivity index (χ3n) is 3.76. The first-order chi connectivity index (χ1) is 12.3. The molecule has 27 heavy (non-hydrogen) atoms. The van der Waals surface area contributed by atoms with Gasteiger partial charge in [-0.1, -0.05) is 17.7 Å². The largest absolute Gasteiger partial charge is 0.416 e. The van der Waals surface area contributed by atoms with Crippen LogP contribution in [0.5, 0.6) is 0 Å². The van der Waals surface area contributed by atoms with Gasteiger partial charge in [-0.2, -0.15) is 13.2 Å². The van der Waals surface area contributed by atoms with Gasteiger partial charge in [0.05, 0.1) is 21.0 Å². The van der Waals surface area contributed by atoms with Gasteiger partial charge in [-0.25, -0.2) is 12.7 Å². The molecule has 5 nitrogen and oxygen atoms in total. The number of anilines is 1. The van der Waals surface area contributed by atoms with Crippen molar-refractivity contribution in [3.8, 4) is 0 Å². The van der Waals surface area contributed by atoms with E-state index in [2.05, 4.69) is 5.32 Å². The van der Waals surface area contributed by atoms with E-state index in [0.29, 0.717) is 0 Å². The number of benzene rings is 2. The number of nitrogens with zero attached hydrogens (tertiary/aromatic N) is 1. The third kappa shape index (κ3) is 4.60. The van der Waals surface area contributed by atoms with Crippen LogP contribution in [0, 0.1) is 6.92 Å². The number of halogens is 4. The first-order valence-corrected chi connectivity index (χ1v) is 9.37. The number of nitrogens with one attached hydrogen (secondary N) is 1. The number of sulfonamides is 1. The Balaban J connectivity index is 2.40. The number of rotatable bonds is 4. The molecule has 0 fully saturated rings. The third-order valence-corrected chi connectivity index (χ3v) is 5.90. The van der Waals surface area contributed by atoms with Crippen molar-refractivity contribution in [2.45, 2.75) is 18.0 Å². The van der Waals surface area contributed by atoms with Gasteiger partial charge in [-0.15, -0.1) is 0 Å². The minimum absolute atomic E-state index is 0.0117. The van der Waals surface area contributed by atoms with Crippen molar-refractivity contribution in [3.05, 3.63) is 58.1 Å². The molecule has 2 aromatic carbocycles. The second kappa shape index (κ2) is 7.49. The molecule has 1 amide bonds. The topological polar surface area (TPSA) is 66.5 Å². The van der Waals surface area contributed by atoms with Gasteiger partial charge in [0.1, 0.15) is 0 Å². The van der Waals surface area contributed by atoms with Gasteiger partial charge in [0.2, 0.25) is 10.0 Å². The summed E-state index contributed by atoms with van der Waals surface area (Å²) in [6, 6.07) is 6.91. The van der Waals surface area contributed by atoms with Gasteiger partial charge in [-0.05, 0) is 42.8 Å². The van der Waals surface area contributed by atoms with Gasteiger partial charge >= 0.3 is 6.18 Å². The van der Waals surface area contributed by atoms with Crippen LogP contribution in [-0.4, -0.2) is 32.7 Å². The average molecular weight is 421 g/mol. The van der Waals surface area contributed by atoms with Crippen molar-refractivity contribution in [1.29, 1.82) is 0 Å². The van der Waals surface area contributed by atoms with E-state index in [1.54, 1.807) is 0 Å². The highest BCUT2D eigenvalue weighted by Crippen LogP contribution is 2.33. The number of alkyl halides is 3. The Bertz CT molecular complexity index is 989. The van der Waals surface area contributed by atoms with Gasteiger partial charge < -0.3 is 5.32 Å². The lowest BCUT2D eigenvalue weighted by molar-refractivity contribution is -0.138. The van der Waals surface area contributed by atoms with Crippen molar-refractivity contribution in [2.24, 2.45) is 0 Å². The molecule has 2 rings (SSSR count). The van der Waals surface area contributed by atoms with E-state index in [4.69, 9.17) is 11.6 Å². The number of hydrogen-bond donors (Lipinski definition) is 1. The van der Waals surface area contributed by atoms with Crippen molar-refractivity contribution in [2.75, 3.05) is 19.4 Å². The van der Waals surface area contributed by atoms with E-state index in [1.165, 1.54) is 45.3 Å². The number of aryl methyl sites for hydroxylation is 1. The molecule has 1 N–H and O–H groups in total. The van der Waals surface area contributed by atoms with Gasteiger partial charge in [0.15, 0.2) is 0 Å². The molecule has 0 heterocycles. The molecule has 0 aromatic heterocycles. The molecule has 0 aliphatic heterocycles. The van der Waals surface area contributed by atoms with E-state index in [9.17, 15) is 26.4 Å². The zero-order valence-electron chi connectivity index (χ0n) is 14.6. The van der Waals surface area contributed by atoms with Crippen LogP contribution in [0.4, 0.5) is 18.9 Å². The maximum absolute atomic E-state index is 13.0. The van der Waals surface area contributed by atoms with Gasteiger partial charge in [-0.3, -0.25) is 4.79 Å². The van der Waals surface area contributed by atoms with E-state index < -0.39 is 27.7 Å². The van der Waals surface area contributed by atoms with Crippen molar-refractivity contribution >= 4 is 33.2 Å². The highest BCUT2D eigenvalue weighted by atomic mass is 35.5. The molecule has 0 bridgehead atoms. The molecule has 0 spiro atoms. The summed E-state index contributed by atoms with van der Waals surface area (Å²) in [4.78, 5) is 12.3. The summed E-state index contributed by atoms with van der Waals surface area (Å²) >= 11 is 5.97. The molecule has 0 saturated carbocycles. The van der Waals surface area contributed by atoms with Crippen molar-refractivity contribution in [3.63, 3.8) is 0 Å². The van der Waals surface area contributed by atoms with Crippen LogP contribution >= 0.6 is 11.6 Å². The molecule has 0 unspecified atom stereocenters. The smallest absolute Gasteiger partial charge is 0.322 e. The summed E-state index contributed by atoms with van der Waals surface area (Å²) in [5.41, 5.74) is -1.13.